The highest BCUT2D eigenvalue weighted by molar-refractivity contribution is 5.77. The molecule has 0 aromatic carbocycles. The molecule has 0 rings (SSSR count). The third-order valence-electron chi connectivity index (χ3n) is 1.87. The van der Waals surface area contributed by atoms with Crippen molar-refractivity contribution in [1.29, 1.82) is 0 Å². The summed E-state index contributed by atoms with van der Waals surface area (Å²) < 4.78 is 5.00. The molecule has 0 fully saturated rings. The summed E-state index contributed by atoms with van der Waals surface area (Å²) in [6.45, 7) is 8.20. The average molecular weight is 232 g/mol. The van der Waals surface area contributed by atoms with Gasteiger partial charge >= 0.3 is 12.1 Å². The van der Waals surface area contributed by atoms with Crippen LogP contribution in [0.5, 0.6) is 0 Å². The number of hydrogen-bond donors (Lipinski definition) is 3. The Bertz CT molecular complexity index is 281. The van der Waals surface area contributed by atoms with E-state index in [1.807, 2.05) is 0 Å². The van der Waals surface area contributed by atoms with E-state index in [-0.39, 0.29) is 0 Å². The minimum absolute atomic E-state index is 0.631. The van der Waals surface area contributed by atoms with Gasteiger partial charge in [-0.25, -0.2) is 4.79 Å². The molecule has 94 valence electrons. The van der Waals surface area contributed by atoms with Gasteiger partial charge in [-0.15, -0.1) is 0 Å². The fourth-order valence-corrected chi connectivity index (χ4v) is 0.953. The Morgan fingerprint density at radius 2 is 1.69 bits per heavy atom. The Balaban J connectivity index is 4.48. The second-order valence-corrected chi connectivity index (χ2v) is 5.16. The van der Waals surface area contributed by atoms with Gasteiger partial charge in [0.05, 0.1) is 5.54 Å². The molecule has 6 heteroatoms. The van der Waals surface area contributed by atoms with Gasteiger partial charge in [0, 0.05) is 0 Å². The first kappa shape index (κ1) is 14.7. The molecular weight excluding hydrogens is 212 g/mol. The highest BCUT2D eigenvalue weighted by Gasteiger charge is 2.34. The number of amides is 1. The van der Waals surface area contributed by atoms with Crippen LogP contribution in [-0.4, -0.2) is 34.4 Å². The maximum Gasteiger partial charge on any atom is 0.408 e. The van der Waals surface area contributed by atoms with E-state index in [0.717, 1.165) is 0 Å². The van der Waals surface area contributed by atoms with E-state index in [2.05, 4.69) is 5.32 Å². The van der Waals surface area contributed by atoms with Gasteiger partial charge in [0.15, 0.2) is 0 Å². The Morgan fingerprint density at radius 1 is 1.25 bits per heavy atom. The van der Waals surface area contributed by atoms with Gasteiger partial charge in [0.1, 0.15) is 11.6 Å². The van der Waals surface area contributed by atoms with E-state index in [1.165, 1.54) is 13.8 Å². The molecule has 0 aromatic heterocycles. The molecule has 0 aliphatic rings. The highest BCUT2D eigenvalue weighted by atomic mass is 16.6. The van der Waals surface area contributed by atoms with Crippen molar-refractivity contribution < 1.29 is 19.4 Å². The van der Waals surface area contributed by atoms with E-state index in [4.69, 9.17) is 15.6 Å². The predicted molar refractivity (Wildman–Crippen MR) is 59.1 cm³/mol. The number of alkyl carbamates (subject to hydrolysis) is 1. The number of hydrogen-bond acceptors (Lipinski definition) is 4. The molecule has 6 nitrogen and oxygen atoms in total. The SMILES string of the molecule is CC(C)(C)OC(=O)NC(C)(C)C(N)C(=O)O. The number of carbonyl (C=O) groups is 2. The lowest BCUT2D eigenvalue weighted by atomic mass is 9.96. The van der Waals surface area contributed by atoms with Crippen molar-refractivity contribution in [2.24, 2.45) is 5.73 Å². The van der Waals surface area contributed by atoms with Gasteiger partial charge in [-0.3, -0.25) is 4.79 Å². The number of aliphatic carboxylic acids is 1. The molecular formula is C10H20N2O4. The fraction of sp³-hybridized carbons (Fsp3) is 0.800. The van der Waals surface area contributed by atoms with Crippen LogP contribution in [0.3, 0.4) is 0 Å². The maximum absolute atomic E-state index is 11.4. The van der Waals surface area contributed by atoms with Crippen LogP contribution >= 0.6 is 0 Å². The van der Waals surface area contributed by atoms with Crippen LogP contribution in [0.25, 0.3) is 0 Å². The van der Waals surface area contributed by atoms with Crippen molar-refractivity contribution in [2.45, 2.75) is 51.8 Å². The third kappa shape index (κ3) is 4.97. The van der Waals surface area contributed by atoms with Crippen molar-refractivity contribution in [1.82, 2.24) is 5.32 Å². The van der Waals surface area contributed by atoms with E-state index in [1.54, 1.807) is 20.8 Å². The summed E-state index contributed by atoms with van der Waals surface area (Å²) in [4.78, 5) is 22.1. The Labute approximate surface area is 95.1 Å². The van der Waals surface area contributed by atoms with Crippen LogP contribution in [0.4, 0.5) is 4.79 Å². The van der Waals surface area contributed by atoms with Gasteiger partial charge in [-0.05, 0) is 34.6 Å². The van der Waals surface area contributed by atoms with Crippen LogP contribution in [0.15, 0.2) is 0 Å². The lowest BCUT2D eigenvalue weighted by Crippen LogP contribution is -2.59. The summed E-state index contributed by atoms with van der Waals surface area (Å²) in [7, 11) is 0. The lowest BCUT2D eigenvalue weighted by Gasteiger charge is -2.31. The maximum atomic E-state index is 11.4. The smallest absolute Gasteiger partial charge is 0.408 e. The molecule has 0 aromatic rings. The molecule has 0 spiro atoms. The van der Waals surface area contributed by atoms with Crippen molar-refractivity contribution in [3.8, 4) is 0 Å². The third-order valence-corrected chi connectivity index (χ3v) is 1.87. The van der Waals surface area contributed by atoms with Crippen molar-refractivity contribution >= 4 is 12.1 Å². The first-order chi connectivity index (χ1) is 6.96. The zero-order valence-electron chi connectivity index (χ0n) is 10.3. The Kier molecular flexibility index (Phi) is 4.31. The number of carbonyl (C=O) groups excluding carboxylic acids is 1. The summed E-state index contributed by atoms with van der Waals surface area (Å²) >= 11 is 0. The Morgan fingerprint density at radius 3 is 2.00 bits per heavy atom. The van der Waals surface area contributed by atoms with Crippen molar-refractivity contribution in [2.75, 3.05) is 0 Å². The summed E-state index contributed by atoms with van der Waals surface area (Å²) in [5.74, 6) is -1.18. The highest BCUT2D eigenvalue weighted by Crippen LogP contribution is 2.11. The fourth-order valence-electron chi connectivity index (χ4n) is 0.953. The van der Waals surface area contributed by atoms with Crippen LogP contribution < -0.4 is 11.1 Å². The Hall–Kier alpha value is -1.30. The minimum atomic E-state index is -1.19. The monoisotopic (exact) mass is 232 g/mol. The molecule has 0 heterocycles. The first-order valence-corrected chi connectivity index (χ1v) is 4.95. The average Bonchev–Trinajstić information content (AvgIpc) is 1.97. The lowest BCUT2D eigenvalue weighted by molar-refractivity contribution is -0.140. The van der Waals surface area contributed by atoms with Crippen LogP contribution in [-0.2, 0) is 9.53 Å². The zero-order chi connectivity index (χ0) is 13.1. The predicted octanol–water partition coefficient (Wildman–Crippen LogP) is 0.702. The quantitative estimate of drug-likeness (QED) is 0.665. The normalized spacial score (nSPS) is 14.1. The van der Waals surface area contributed by atoms with Gasteiger partial charge in [-0.2, -0.15) is 0 Å². The largest absolute Gasteiger partial charge is 0.480 e. The van der Waals surface area contributed by atoms with Crippen molar-refractivity contribution in [3.63, 3.8) is 0 Å². The number of carboxylic acid groups (broad SMARTS) is 1. The van der Waals surface area contributed by atoms with Gasteiger partial charge in [0.2, 0.25) is 0 Å². The summed E-state index contributed by atoms with van der Waals surface area (Å²) in [6, 6.07) is -1.19. The topological polar surface area (TPSA) is 102 Å². The van der Waals surface area contributed by atoms with E-state index >= 15 is 0 Å². The molecule has 1 atom stereocenters. The van der Waals surface area contributed by atoms with Gasteiger partial charge < -0.3 is 20.9 Å². The van der Waals surface area contributed by atoms with Gasteiger partial charge in [0.25, 0.3) is 0 Å². The summed E-state index contributed by atoms with van der Waals surface area (Å²) in [5, 5.41) is 11.2. The molecule has 1 amide bonds. The second-order valence-electron chi connectivity index (χ2n) is 5.16. The standard InChI is InChI=1S/C10H20N2O4/c1-9(2,3)16-8(15)12-10(4,5)6(11)7(13)14/h6H,11H2,1-5H3,(H,12,15)(H,13,14). The molecule has 4 N–H and O–H groups in total. The zero-order valence-corrected chi connectivity index (χ0v) is 10.3. The summed E-state index contributed by atoms with van der Waals surface area (Å²) in [5.41, 5.74) is 3.73. The molecule has 1 unspecified atom stereocenters. The van der Waals surface area contributed by atoms with Crippen molar-refractivity contribution in [3.05, 3.63) is 0 Å². The summed E-state index contributed by atoms with van der Waals surface area (Å²) in [6.07, 6.45) is -0.686. The molecule has 0 aliphatic carbocycles. The number of rotatable bonds is 3. The molecule has 0 bridgehead atoms. The molecule has 0 saturated carbocycles. The first-order valence-electron chi connectivity index (χ1n) is 4.95. The van der Waals surface area contributed by atoms with E-state index < -0.39 is 29.2 Å². The minimum Gasteiger partial charge on any atom is -0.480 e. The van der Waals surface area contributed by atoms with Crippen LogP contribution in [0.1, 0.15) is 34.6 Å². The number of nitrogens with one attached hydrogen (secondary N) is 1. The molecule has 0 radical (unpaired) electrons. The van der Waals surface area contributed by atoms with Crippen LogP contribution in [0.2, 0.25) is 0 Å². The second kappa shape index (κ2) is 4.69. The number of carboxylic acids is 1. The molecule has 0 aliphatic heterocycles. The number of ether oxygens (including phenoxy) is 1. The molecule has 0 saturated heterocycles. The van der Waals surface area contributed by atoms with E-state index in [0.29, 0.717) is 0 Å². The molecule has 16 heavy (non-hydrogen) atoms. The van der Waals surface area contributed by atoms with Gasteiger partial charge in [-0.1, -0.05) is 0 Å². The van der Waals surface area contributed by atoms with Crippen LogP contribution in [0, 0.1) is 0 Å². The number of nitrogens with two attached hydrogens (primary N) is 1. The van der Waals surface area contributed by atoms with E-state index in [9.17, 15) is 9.59 Å².